The monoisotopic (exact) mass is 816 g/mol. The summed E-state index contributed by atoms with van der Waals surface area (Å²) in [6.45, 7) is 0. The van der Waals surface area contributed by atoms with Gasteiger partial charge < -0.3 is 0 Å². The molecule has 8 radical (unpaired) electrons. The van der Waals surface area contributed by atoms with Gasteiger partial charge in [-0.3, -0.25) is 0 Å². The minimum atomic E-state index is -0.371. The van der Waals surface area contributed by atoms with Gasteiger partial charge in [0.05, 0.1) is 0 Å². The molecule has 0 amide bonds. The van der Waals surface area contributed by atoms with Crippen molar-refractivity contribution in [2.75, 3.05) is 0 Å². The van der Waals surface area contributed by atoms with Crippen molar-refractivity contribution in [1.82, 2.24) is 0 Å². The molecule has 244 valence electrons. The van der Waals surface area contributed by atoms with Gasteiger partial charge in [-0.15, -0.1) is 0 Å². The number of benzene rings is 4. The molecule has 6 rings (SSSR count). The third-order valence-electron chi connectivity index (χ3n) is 7.53. The predicted octanol–water partition coefficient (Wildman–Crippen LogP) is 11.1. The van der Waals surface area contributed by atoms with Crippen molar-refractivity contribution in [3.05, 3.63) is 171 Å². The van der Waals surface area contributed by atoms with Crippen molar-refractivity contribution in [2.45, 2.75) is 51.4 Å². The summed E-state index contributed by atoms with van der Waals surface area (Å²) in [7, 11) is 8.89. The van der Waals surface area contributed by atoms with Crippen LogP contribution in [-0.4, -0.2) is 0 Å². The fourth-order valence-corrected chi connectivity index (χ4v) is 10.6. The molecule has 4 aromatic rings. The minimum absolute atomic E-state index is 0. The smallest absolute Gasteiger partial charge is 0 e. The summed E-state index contributed by atoms with van der Waals surface area (Å²) in [5.74, 6) is 0. The van der Waals surface area contributed by atoms with Crippen LogP contribution in [0.1, 0.15) is 51.4 Å². The van der Waals surface area contributed by atoms with Crippen LogP contribution in [0.3, 0.4) is 0 Å². The number of halogens is 2. The molecule has 0 N–H and O–H groups in total. The van der Waals surface area contributed by atoms with E-state index in [4.69, 9.17) is 19.1 Å². The van der Waals surface area contributed by atoms with Gasteiger partial charge in [-0.2, -0.15) is 0 Å². The zero-order valence-electron chi connectivity index (χ0n) is 26.0. The Morgan fingerprint density at radius 3 is 0.935 bits per heavy atom. The normalized spacial score (nSPS) is 16.3. The summed E-state index contributed by atoms with van der Waals surface area (Å²) in [5, 5.41) is 5.87. The SMILES string of the molecule is [CH]1[CH]CC[C](P(c2ccccc2)c2ccccc2)[CH]CC1.[CH]1[CH]CC[C](P(c2ccccc2)c2ccccc2)[CH]CC1.[Cl][Pd][Cl].[Fe]. The summed E-state index contributed by atoms with van der Waals surface area (Å²) in [6, 6.07) is 44.0. The molecule has 2 aliphatic rings. The standard InChI is InChI=1S/2C20H21P.2ClH.Fe.Pd/c2*1-2-6-12-18(13-7-3-1)21(19-14-8-4-9-15-19)20-16-10-5-11-17-20;;;;/h2*1-2,4-5,8-11,13-17H,3,6-7,12H2;2*1H;;/q;;;;;+2/p-2. The molecule has 0 atom stereocenters. The average Bonchev–Trinajstić information content (AvgIpc) is 3.06. The molecule has 0 saturated heterocycles. The fourth-order valence-electron chi connectivity index (χ4n) is 5.51. The van der Waals surface area contributed by atoms with Crippen LogP contribution in [0.15, 0.2) is 121 Å². The molecule has 2 saturated carbocycles. The van der Waals surface area contributed by atoms with E-state index in [1.807, 2.05) is 0 Å². The Hall–Kier alpha value is -0.498. The summed E-state index contributed by atoms with van der Waals surface area (Å²) >= 11 is -0.106. The van der Waals surface area contributed by atoms with Gasteiger partial charge >= 0.3 is 35.0 Å². The Morgan fingerprint density at radius 1 is 0.391 bits per heavy atom. The topological polar surface area (TPSA) is 0 Å². The summed E-state index contributed by atoms with van der Waals surface area (Å²) in [5.41, 5.74) is 3.26. The Labute approximate surface area is 309 Å². The van der Waals surface area contributed by atoms with Crippen LogP contribution in [0.5, 0.6) is 0 Å². The largest absolute Gasteiger partial charge is 0 e. The van der Waals surface area contributed by atoms with Gasteiger partial charge in [-0.25, -0.2) is 0 Å². The van der Waals surface area contributed by atoms with Crippen molar-refractivity contribution in [3.63, 3.8) is 0 Å². The van der Waals surface area contributed by atoms with Gasteiger partial charge in [0.2, 0.25) is 0 Å². The zero-order valence-corrected chi connectivity index (χ0v) is 31.9. The van der Waals surface area contributed by atoms with E-state index in [1.54, 1.807) is 11.3 Å². The maximum atomic E-state index is 4.81. The Morgan fingerprint density at radius 2 is 0.652 bits per heavy atom. The molecule has 0 aromatic heterocycles. The molecular weight excluding hydrogens is 776 g/mol. The van der Waals surface area contributed by atoms with E-state index in [9.17, 15) is 0 Å². The number of hydrogen-bond acceptors (Lipinski definition) is 0. The predicted molar refractivity (Wildman–Crippen MR) is 199 cm³/mol. The second kappa shape index (κ2) is 24.6. The molecule has 2 fully saturated rings. The van der Waals surface area contributed by atoms with Crippen LogP contribution in [-0.2, 0) is 33.0 Å². The van der Waals surface area contributed by atoms with Crippen LogP contribution in [0.25, 0.3) is 0 Å². The van der Waals surface area contributed by atoms with Crippen molar-refractivity contribution in [3.8, 4) is 0 Å². The van der Waals surface area contributed by atoms with E-state index in [0.29, 0.717) is 0 Å². The molecule has 0 aliphatic heterocycles. The quantitative estimate of drug-likeness (QED) is 0.134. The molecule has 0 nitrogen and oxygen atoms in total. The first-order valence-corrected chi connectivity index (χ1v) is 22.3. The van der Waals surface area contributed by atoms with Gasteiger partial charge in [0.25, 0.3) is 0 Å². The molecule has 0 unspecified atom stereocenters. The molecule has 46 heavy (non-hydrogen) atoms. The van der Waals surface area contributed by atoms with E-state index >= 15 is 0 Å². The van der Waals surface area contributed by atoms with E-state index in [-0.39, 0.29) is 48.9 Å². The van der Waals surface area contributed by atoms with E-state index in [1.165, 1.54) is 72.6 Å². The summed E-state index contributed by atoms with van der Waals surface area (Å²) < 4.78 is 0. The number of hydrogen-bond donors (Lipinski definition) is 0. The van der Waals surface area contributed by atoms with Gasteiger partial charge in [-0.1, -0.05) is 121 Å². The first-order chi connectivity index (χ1) is 22.3. The van der Waals surface area contributed by atoms with Crippen LogP contribution in [0, 0.1) is 49.8 Å². The summed E-state index contributed by atoms with van der Waals surface area (Å²) in [6.07, 6.45) is 23.7. The van der Waals surface area contributed by atoms with E-state index in [0.717, 1.165) is 0 Å². The molecule has 6 heteroatoms. The number of rotatable bonds is 6. The zero-order chi connectivity index (χ0) is 31.4. The van der Waals surface area contributed by atoms with E-state index in [2.05, 4.69) is 160 Å². The van der Waals surface area contributed by atoms with Crippen LogP contribution < -0.4 is 21.2 Å². The second-order valence-electron chi connectivity index (χ2n) is 10.6. The van der Waals surface area contributed by atoms with Gasteiger partial charge in [-0.05, 0) is 127 Å². The van der Waals surface area contributed by atoms with Gasteiger partial charge in [0, 0.05) is 28.4 Å². The van der Waals surface area contributed by atoms with Crippen molar-refractivity contribution < 1.29 is 33.0 Å². The average molecular weight is 818 g/mol. The Balaban J connectivity index is 0.000000226. The Kier molecular flexibility index (Phi) is 21.4. The molecule has 0 spiro atoms. The first-order valence-electron chi connectivity index (χ1n) is 15.6. The first kappa shape index (κ1) is 39.9. The molecule has 2 aliphatic carbocycles. The molecule has 0 heterocycles. The van der Waals surface area contributed by atoms with E-state index < -0.39 is 0 Å². The van der Waals surface area contributed by atoms with Gasteiger partial charge in [0.15, 0.2) is 0 Å². The van der Waals surface area contributed by atoms with Crippen LogP contribution >= 0.6 is 34.9 Å². The Bertz CT molecular complexity index is 1090. The second-order valence-corrected chi connectivity index (χ2v) is 17.5. The summed E-state index contributed by atoms with van der Waals surface area (Å²) in [4.78, 5) is 0. The van der Waals surface area contributed by atoms with Crippen molar-refractivity contribution in [2.24, 2.45) is 0 Å². The molecule has 0 bridgehead atoms. The van der Waals surface area contributed by atoms with Crippen LogP contribution in [0.2, 0.25) is 0 Å². The van der Waals surface area contributed by atoms with Gasteiger partial charge in [0.1, 0.15) is 0 Å². The third-order valence-corrected chi connectivity index (χ3v) is 12.7. The van der Waals surface area contributed by atoms with Crippen LogP contribution in [0.4, 0.5) is 0 Å². The third kappa shape index (κ3) is 13.8. The maximum absolute atomic E-state index is 4.81. The molecular formula is C40H42Cl2FeP2Pd. The van der Waals surface area contributed by atoms with Crippen molar-refractivity contribution in [1.29, 1.82) is 0 Å². The maximum Gasteiger partial charge on any atom is 0 e. The fraction of sp³-hybridized carbons (Fsp3) is 0.200. The van der Waals surface area contributed by atoms with Crippen molar-refractivity contribution >= 4 is 56.1 Å². The molecule has 4 aromatic carbocycles. The minimum Gasteiger partial charge on any atom is 0 e.